The molecule has 0 saturated carbocycles. The summed E-state index contributed by atoms with van der Waals surface area (Å²) in [5.41, 5.74) is 0.288. The molecule has 0 amide bonds. The van der Waals surface area contributed by atoms with Gasteiger partial charge in [0, 0.05) is 0 Å². The monoisotopic (exact) mass is 374 g/mol. The Labute approximate surface area is 145 Å². The molecule has 0 N–H and O–H groups in total. The van der Waals surface area contributed by atoms with Gasteiger partial charge in [-0.2, -0.15) is 0 Å². The summed E-state index contributed by atoms with van der Waals surface area (Å²) in [4.78, 5) is 12.0. The van der Waals surface area contributed by atoms with Crippen LogP contribution in [0.5, 0.6) is 11.5 Å². The Morgan fingerprint density at radius 1 is 1.04 bits per heavy atom. The van der Waals surface area contributed by atoms with Crippen molar-refractivity contribution in [3.05, 3.63) is 57.1 Å². The van der Waals surface area contributed by atoms with E-state index in [1.807, 2.05) is 0 Å². The van der Waals surface area contributed by atoms with Crippen LogP contribution in [0, 0.1) is 11.6 Å². The number of halogens is 4. The molecule has 2 aromatic rings. The lowest BCUT2D eigenvalue weighted by atomic mass is 10.2. The molecule has 126 valence electrons. The predicted molar refractivity (Wildman–Crippen MR) is 82.9 cm³/mol. The summed E-state index contributed by atoms with van der Waals surface area (Å²) in [6.45, 7) is 0.636. The lowest BCUT2D eigenvalue weighted by Gasteiger charge is -2.20. The first-order valence-corrected chi connectivity index (χ1v) is 7.61. The van der Waals surface area contributed by atoms with Crippen LogP contribution in [0.4, 0.5) is 8.78 Å². The molecular weight excluding hydrogens is 365 g/mol. The number of fused-ring (bicyclic) bond motifs is 1. The highest BCUT2D eigenvalue weighted by molar-refractivity contribution is 6.33. The van der Waals surface area contributed by atoms with Gasteiger partial charge in [-0.1, -0.05) is 23.2 Å². The molecule has 0 aliphatic carbocycles. The zero-order valence-corrected chi connectivity index (χ0v) is 13.6. The Morgan fingerprint density at radius 3 is 2.54 bits per heavy atom. The van der Waals surface area contributed by atoms with E-state index in [0.29, 0.717) is 47.4 Å². The van der Waals surface area contributed by atoms with Crippen molar-refractivity contribution in [3.63, 3.8) is 0 Å². The van der Waals surface area contributed by atoms with E-state index < -0.39 is 17.6 Å². The van der Waals surface area contributed by atoms with Crippen molar-refractivity contribution in [2.45, 2.75) is 6.61 Å². The number of benzene rings is 2. The summed E-state index contributed by atoms with van der Waals surface area (Å²) < 4.78 is 42.1. The number of hydrogen-bond acceptors (Lipinski definition) is 4. The van der Waals surface area contributed by atoms with Gasteiger partial charge in [0.15, 0.2) is 23.1 Å². The zero-order valence-electron chi connectivity index (χ0n) is 12.1. The van der Waals surface area contributed by atoms with Crippen molar-refractivity contribution < 1.29 is 27.8 Å². The van der Waals surface area contributed by atoms with Gasteiger partial charge in [-0.3, -0.25) is 0 Å². The first-order valence-electron chi connectivity index (χ1n) is 6.85. The van der Waals surface area contributed by atoms with E-state index in [9.17, 15) is 13.6 Å². The fourth-order valence-electron chi connectivity index (χ4n) is 2.15. The summed E-state index contributed by atoms with van der Waals surface area (Å²) in [6, 6.07) is 4.60. The third-order valence-electron chi connectivity index (χ3n) is 3.26. The van der Waals surface area contributed by atoms with Gasteiger partial charge in [0.05, 0.1) is 15.6 Å². The Balaban J connectivity index is 1.75. The molecule has 3 rings (SSSR count). The van der Waals surface area contributed by atoms with Crippen LogP contribution in [0.3, 0.4) is 0 Å². The van der Waals surface area contributed by atoms with Gasteiger partial charge in [0.25, 0.3) is 0 Å². The van der Waals surface area contributed by atoms with Gasteiger partial charge in [-0.15, -0.1) is 0 Å². The largest absolute Gasteiger partial charge is 0.486 e. The molecule has 1 aliphatic rings. The maximum absolute atomic E-state index is 13.2. The van der Waals surface area contributed by atoms with Crippen LogP contribution in [0.1, 0.15) is 15.9 Å². The molecule has 24 heavy (non-hydrogen) atoms. The normalized spacial score (nSPS) is 12.8. The third kappa shape index (κ3) is 3.39. The average Bonchev–Trinajstić information content (AvgIpc) is 2.56. The van der Waals surface area contributed by atoms with Crippen molar-refractivity contribution in [2.24, 2.45) is 0 Å². The summed E-state index contributed by atoms with van der Waals surface area (Å²) >= 11 is 11.8. The van der Waals surface area contributed by atoms with Crippen molar-refractivity contribution in [2.75, 3.05) is 13.2 Å². The Morgan fingerprint density at radius 2 is 1.75 bits per heavy atom. The van der Waals surface area contributed by atoms with E-state index in [0.717, 1.165) is 0 Å². The number of esters is 1. The van der Waals surface area contributed by atoms with Crippen LogP contribution in [0.2, 0.25) is 10.0 Å². The maximum atomic E-state index is 13.2. The first-order chi connectivity index (χ1) is 11.5. The molecule has 0 aromatic heterocycles. The highest BCUT2D eigenvalue weighted by atomic mass is 35.5. The molecule has 1 aliphatic heterocycles. The smallest absolute Gasteiger partial charge is 0.340 e. The minimum Gasteiger partial charge on any atom is -0.486 e. The van der Waals surface area contributed by atoms with Crippen LogP contribution in [-0.2, 0) is 11.3 Å². The standard InChI is InChI=1S/C16H10Cl2F2O4/c17-10-6-13(20)12(19)5-9(10)16(21)24-7-8-3-11(18)15-14(4-8)22-1-2-23-15/h3-6H,1-2,7H2. The maximum Gasteiger partial charge on any atom is 0.340 e. The molecule has 0 fully saturated rings. The second-order valence-electron chi connectivity index (χ2n) is 4.92. The molecule has 0 saturated heterocycles. The van der Waals surface area contributed by atoms with Gasteiger partial charge < -0.3 is 14.2 Å². The quantitative estimate of drug-likeness (QED) is 0.589. The van der Waals surface area contributed by atoms with Gasteiger partial charge in [-0.25, -0.2) is 13.6 Å². The van der Waals surface area contributed by atoms with Crippen molar-refractivity contribution >= 4 is 29.2 Å². The Bertz CT molecular complexity index is 811. The number of carbonyl (C=O) groups excluding carboxylic acids is 1. The molecule has 0 radical (unpaired) electrons. The summed E-state index contributed by atoms with van der Waals surface area (Å²) in [7, 11) is 0. The van der Waals surface area contributed by atoms with Crippen LogP contribution >= 0.6 is 23.2 Å². The molecule has 2 aromatic carbocycles. The average molecular weight is 375 g/mol. The van der Waals surface area contributed by atoms with Gasteiger partial charge in [-0.05, 0) is 29.8 Å². The molecule has 8 heteroatoms. The summed E-state index contributed by atoms with van der Waals surface area (Å²) in [5, 5.41) is 0.0863. The summed E-state index contributed by atoms with van der Waals surface area (Å²) in [5.74, 6) is -2.33. The number of hydrogen-bond donors (Lipinski definition) is 0. The molecular formula is C16H10Cl2F2O4. The topological polar surface area (TPSA) is 44.8 Å². The predicted octanol–water partition coefficient (Wildman–Crippen LogP) is 4.40. The van der Waals surface area contributed by atoms with E-state index in [-0.39, 0.29) is 17.2 Å². The lowest BCUT2D eigenvalue weighted by molar-refractivity contribution is 0.0471. The lowest BCUT2D eigenvalue weighted by Crippen LogP contribution is -2.16. The first kappa shape index (κ1) is 16.8. The highest BCUT2D eigenvalue weighted by Gasteiger charge is 2.19. The molecule has 0 spiro atoms. The molecule has 1 heterocycles. The SMILES string of the molecule is O=C(OCc1cc(Cl)c2c(c1)OCCO2)c1cc(F)c(F)cc1Cl. The minimum atomic E-state index is -1.19. The van der Waals surface area contributed by atoms with Crippen molar-refractivity contribution in [1.29, 1.82) is 0 Å². The number of ether oxygens (including phenoxy) is 3. The van der Waals surface area contributed by atoms with Gasteiger partial charge in [0.1, 0.15) is 19.8 Å². The molecule has 4 nitrogen and oxygen atoms in total. The number of carbonyl (C=O) groups is 1. The third-order valence-corrected chi connectivity index (χ3v) is 3.85. The summed E-state index contributed by atoms with van der Waals surface area (Å²) in [6.07, 6.45) is 0. The van der Waals surface area contributed by atoms with Crippen molar-refractivity contribution in [3.8, 4) is 11.5 Å². The minimum absolute atomic E-state index is 0.148. The molecule has 0 bridgehead atoms. The number of rotatable bonds is 3. The second-order valence-corrected chi connectivity index (χ2v) is 5.74. The molecule has 0 atom stereocenters. The van der Waals surface area contributed by atoms with Gasteiger partial charge >= 0.3 is 5.97 Å². The highest BCUT2D eigenvalue weighted by Crippen LogP contribution is 2.38. The van der Waals surface area contributed by atoms with Crippen LogP contribution < -0.4 is 9.47 Å². The van der Waals surface area contributed by atoms with E-state index in [1.165, 1.54) is 0 Å². The Hall–Kier alpha value is -2.05. The fourth-order valence-corrected chi connectivity index (χ4v) is 2.67. The second kappa shape index (κ2) is 6.83. The van der Waals surface area contributed by atoms with Crippen LogP contribution in [0.15, 0.2) is 24.3 Å². The van der Waals surface area contributed by atoms with Crippen LogP contribution in [0.25, 0.3) is 0 Å². The Kier molecular flexibility index (Phi) is 4.78. The fraction of sp³-hybridized carbons (Fsp3) is 0.188. The van der Waals surface area contributed by atoms with Gasteiger partial charge in [0.2, 0.25) is 0 Å². The van der Waals surface area contributed by atoms with E-state index in [4.69, 9.17) is 37.4 Å². The van der Waals surface area contributed by atoms with E-state index >= 15 is 0 Å². The zero-order chi connectivity index (χ0) is 17.3. The van der Waals surface area contributed by atoms with E-state index in [2.05, 4.69) is 0 Å². The van der Waals surface area contributed by atoms with Crippen molar-refractivity contribution in [1.82, 2.24) is 0 Å². The molecule has 0 unspecified atom stereocenters. The van der Waals surface area contributed by atoms with Crippen LogP contribution in [-0.4, -0.2) is 19.2 Å². The van der Waals surface area contributed by atoms with E-state index in [1.54, 1.807) is 12.1 Å².